The molecule has 0 fully saturated rings. The van der Waals surface area contributed by atoms with Crippen molar-refractivity contribution in [1.29, 1.82) is 0 Å². The van der Waals surface area contributed by atoms with Crippen LogP contribution in [0.3, 0.4) is 0 Å². The van der Waals surface area contributed by atoms with Crippen molar-refractivity contribution in [2.45, 2.75) is 39.5 Å². The molecule has 0 aliphatic heterocycles. The Morgan fingerprint density at radius 3 is 2.65 bits per heavy atom. The maximum atomic E-state index is 13.7. The molecule has 0 bridgehead atoms. The zero-order valence-electron chi connectivity index (χ0n) is 10.5. The van der Waals surface area contributed by atoms with Crippen molar-refractivity contribution in [3.8, 4) is 5.75 Å². The summed E-state index contributed by atoms with van der Waals surface area (Å²) in [6.45, 7) is 6.80. The van der Waals surface area contributed by atoms with Crippen molar-refractivity contribution in [3.05, 3.63) is 29.6 Å². The normalized spacial score (nSPS) is 14.4. The van der Waals surface area contributed by atoms with Crippen LogP contribution < -0.4 is 10.1 Å². The van der Waals surface area contributed by atoms with Crippen molar-refractivity contribution >= 4 is 0 Å². The number of halogens is 1. The van der Waals surface area contributed by atoms with Crippen LogP contribution in [-0.2, 0) is 6.54 Å². The van der Waals surface area contributed by atoms with E-state index < -0.39 is 18.0 Å². The Bertz CT molecular complexity index is 355. The second-order valence-electron chi connectivity index (χ2n) is 4.11. The van der Waals surface area contributed by atoms with E-state index in [4.69, 9.17) is 4.74 Å². The maximum Gasteiger partial charge on any atom is 0.165 e. The van der Waals surface area contributed by atoms with Gasteiger partial charge in [0.2, 0.25) is 0 Å². The Balaban J connectivity index is 2.69. The molecule has 0 saturated carbocycles. The first kappa shape index (κ1) is 13.9. The first-order valence-electron chi connectivity index (χ1n) is 5.88. The molecule has 2 unspecified atom stereocenters. The van der Waals surface area contributed by atoms with Crippen molar-refractivity contribution in [2.24, 2.45) is 0 Å². The number of aliphatic hydroxyl groups is 1. The minimum absolute atomic E-state index is 0.179. The highest BCUT2D eigenvalue weighted by molar-refractivity contribution is 5.29. The molecule has 4 heteroatoms. The second-order valence-corrected chi connectivity index (χ2v) is 4.11. The highest BCUT2D eigenvalue weighted by Gasteiger charge is 2.13. The van der Waals surface area contributed by atoms with Crippen LogP contribution in [-0.4, -0.2) is 23.9 Å². The third kappa shape index (κ3) is 4.32. The maximum absolute atomic E-state index is 13.7. The molecule has 0 aliphatic carbocycles. The van der Waals surface area contributed by atoms with Gasteiger partial charge in [-0.3, -0.25) is 0 Å². The van der Waals surface area contributed by atoms with E-state index in [1.807, 2.05) is 13.0 Å². The predicted molar refractivity (Wildman–Crippen MR) is 65.6 cm³/mol. The van der Waals surface area contributed by atoms with Gasteiger partial charge in [0.05, 0.1) is 6.10 Å². The van der Waals surface area contributed by atoms with Gasteiger partial charge in [0.15, 0.2) is 11.6 Å². The molecule has 3 nitrogen and oxygen atoms in total. The minimum atomic E-state index is -0.629. The lowest BCUT2D eigenvalue weighted by molar-refractivity contribution is 0.0579. The number of hydrogen-bond acceptors (Lipinski definition) is 3. The molecule has 0 heterocycles. The number of hydrogen-bond donors (Lipinski definition) is 2. The quantitative estimate of drug-likeness (QED) is 0.801. The van der Waals surface area contributed by atoms with Crippen molar-refractivity contribution in [1.82, 2.24) is 5.32 Å². The topological polar surface area (TPSA) is 41.5 Å². The standard InChI is InChI=1S/C13H20FNO2/c1-4-15-8-11-5-6-13(12(14)7-11)17-10(3)9(2)16/h5-7,9-10,15-16H,4,8H2,1-3H3. The van der Waals surface area contributed by atoms with Gasteiger partial charge in [0.1, 0.15) is 6.10 Å². The Labute approximate surface area is 102 Å². The van der Waals surface area contributed by atoms with Crippen LogP contribution in [0.2, 0.25) is 0 Å². The Hall–Kier alpha value is -1.13. The zero-order chi connectivity index (χ0) is 12.8. The van der Waals surface area contributed by atoms with Crippen LogP contribution in [0.25, 0.3) is 0 Å². The summed E-state index contributed by atoms with van der Waals surface area (Å²) in [5, 5.41) is 12.4. The molecule has 0 aromatic heterocycles. The summed E-state index contributed by atoms with van der Waals surface area (Å²) in [4.78, 5) is 0. The summed E-state index contributed by atoms with van der Waals surface area (Å²) in [7, 11) is 0. The molecule has 0 aliphatic rings. The molecule has 2 atom stereocenters. The number of aliphatic hydroxyl groups excluding tert-OH is 1. The number of benzene rings is 1. The molecule has 2 N–H and O–H groups in total. The van der Waals surface area contributed by atoms with E-state index >= 15 is 0 Å². The average molecular weight is 241 g/mol. The van der Waals surface area contributed by atoms with Gasteiger partial charge in [-0.25, -0.2) is 4.39 Å². The monoisotopic (exact) mass is 241 g/mol. The zero-order valence-corrected chi connectivity index (χ0v) is 10.5. The number of ether oxygens (including phenoxy) is 1. The third-order valence-electron chi connectivity index (χ3n) is 2.57. The van der Waals surface area contributed by atoms with Gasteiger partial charge in [0, 0.05) is 6.54 Å². The van der Waals surface area contributed by atoms with Gasteiger partial charge in [0.25, 0.3) is 0 Å². The largest absolute Gasteiger partial charge is 0.485 e. The molecule has 0 radical (unpaired) electrons. The van der Waals surface area contributed by atoms with E-state index in [1.54, 1.807) is 19.9 Å². The van der Waals surface area contributed by atoms with E-state index in [0.717, 1.165) is 12.1 Å². The third-order valence-corrected chi connectivity index (χ3v) is 2.57. The summed E-state index contributed by atoms with van der Waals surface area (Å²) < 4.78 is 19.0. The van der Waals surface area contributed by atoms with Gasteiger partial charge < -0.3 is 15.2 Å². The molecule has 17 heavy (non-hydrogen) atoms. The molecular weight excluding hydrogens is 221 g/mol. The smallest absolute Gasteiger partial charge is 0.165 e. The molecule has 1 aromatic carbocycles. The van der Waals surface area contributed by atoms with E-state index in [1.165, 1.54) is 6.07 Å². The van der Waals surface area contributed by atoms with E-state index in [9.17, 15) is 9.50 Å². The number of rotatable bonds is 6. The lowest BCUT2D eigenvalue weighted by atomic mass is 10.2. The van der Waals surface area contributed by atoms with Crippen LogP contribution in [0.4, 0.5) is 4.39 Å². The Kier molecular flexibility index (Phi) is 5.38. The van der Waals surface area contributed by atoms with E-state index in [-0.39, 0.29) is 5.75 Å². The van der Waals surface area contributed by atoms with Crippen LogP contribution in [0.5, 0.6) is 5.75 Å². The van der Waals surface area contributed by atoms with Gasteiger partial charge in [-0.05, 0) is 38.1 Å². The first-order valence-corrected chi connectivity index (χ1v) is 5.88. The summed E-state index contributed by atoms with van der Waals surface area (Å²) in [6, 6.07) is 4.86. The minimum Gasteiger partial charge on any atom is -0.485 e. The summed E-state index contributed by atoms with van der Waals surface area (Å²) in [6.07, 6.45) is -1.06. The molecule has 0 spiro atoms. The van der Waals surface area contributed by atoms with Gasteiger partial charge >= 0.3 is 0 Å². The molecule has 96 valence electrons. The average Bonchev–Trinajstić information content (AvgIpc) is 2.29. The van der Waals surface area contributed by atoms with Crippen molar-refractivity contribution in [3.63, 3.8) is 0 Å². The highest BCUT2D eigenvalue weighted by atomic mass is 19.1. The number of nitrogens with one attached hydrogen (secondary N) is 1. The molecule has 1 rings (SSSR count). The van der Waals surface area contributed by atoms with Gasteiger partial charge in [-0.2, -0.15) is 0 Å². The lowest BCUT2D eigenvalue weighted by Crippen LogP contribution is -2.26. The highest BCUT2D eigenvalue weighted by Crippen LogP contribution is 2.20. The summed E-state index contributed by atoms with van der Waals surface area (Å²) in [5.74, 6) is -0.216. The second kappa shape index (κ2) is 6.57. The summed E-state index contributed by atoms with van der Waals surface area (Å²) in [5.41, 5.74) is 0.876. The van der Waals surface area contributed by atoms with Gasteiger partial charge in [-0.15, -0.1) is 0 Å². The fourth-order valence-corrected chi connectivity index (χ4v) is 1.32. The van der Waals surface area contributed by atoms with Crippen LogP contribution in [0.1, 0.15) is 26.3 Å². The molecule has 0 saturated heterocycles. The van der Waals surface area contributed by atoms with E-state index in [2.05, 4.69) is 5.32 Å². The Morgan fingerprint density at radius 2 is 2.12 bits per heavy atom. The first-order chi connectivity index (χ1) is 8.04. The SMILES string of the molecule is CCNCc1ccc(OC(C)C(C)O)c(F)c1. The predicted octanol–water partition coefficient (Wildman–Crippen LogP) is 2.08. The Morgan fingerprint density at radius 1 is 1.41 bits per heavy atom. The van der Waals surface area contributed by atoms with Crippen molar-refractivity contribution < 1.29 is 14.2 Å². The summed E-state index contributed by atoms with van der Waals surface area (Å²) >= 11 is 0. The van der Waals surface area contributed by atoms with Crippen LogP contribution in [0.15, 0.2) is 18.2 Å². The van der Waals surface area contributed by atoms with Crippen molar-refractivity contribution in [2.75, 3.05) is 6.54 Å². The van der Waals surface area contributed by atoms with Crippen LogP contribution >= 0.6 is 0 Å². The molecule has 0 amide bonds. The fraction of sp³-hybridized carbons (Fsp3) is 0.538. The molecule has 1 aromatic rings. The van der Waals surface area contributed by atoms with E-state index in [0.29, 0.717) is 6.54 Å². The lowest BCUT2D eigenvalue weighted by Gasteiger charge is -2.17. The van der Waals surface area contributed by atoms with Gasteiger partial charge in [-0.1, -0.05) is 13.0 Å². The fourth-order valence-electron chi connectivity index (χ4n) is 1.32. The van der Waals surface area contributed by atoms with Crippen LogP contribution in [0, 0.1) is 5.82 Å². The molecular formula is C13H20FNO2.